The molecule has 1 aromatic rings. The van der Waals surface area contributed by atoms with Crippen LogP contribution in [0.1, 0.15) is 12.5 Å². The molecule has 1 N–H and O–H groups in total. The van der Waals surface area contributed by atoms with Crippen LogP contribution in [0, 0.1) is 0 Å². The Morgan fingerprint density at radius 1 is 1.45 bits per heavy atom. The van der Waals surface area contributed by atoms with Crippen molar-refractivity contribution in [2.24, 2.45) is 0 Å². The second-order valence-corrected chi connectivity index (χ2v) is 6.22. The molecule has 0 radical (unpaired) electrons. The van der Waals surface area contributed by atoms with E-state index in [0.29, 0.717) is 23.1 Å². The van der Waals surface area contributed by atoms with E-state index in [1.165, 1.54) is 0 Å². The van der Waals surface area contributed by atoms with Crippen LogP contribution >= 0.6 is 47.4 Å². The Morgan fingerprint density at radius 2 is 2.20 bits per heavy atom. The Balaban J connectivity index is 0.00000200. The minimum absolute atomic E-state index is 0. The number of nitrogens with one attached hydrogen (secondary N) is 1. The number of hydrogen-bond donors (Lipinski definition) is 1. The van der Waals surface area contributed by atoms with Crippen LogP contribution < -0.4 is 5.32 Å². The van der Waals surface area contributed by atoms with Crippen LogP contribution in [0.5, 0.6) is 0 Å². The maximum atomic E-state index is 12.3. The van der Waals surface area contributed by atoms with Crippen LogP contribution in [0.25, 0.3) is 0 Å². The number of carbonyl (C=O) groups is 1. The summed E-state index contributed by atoms with van der Waals surface area (Å²) in [6, 6.07) is 5.42. The number of halogens is 3. The van der Waals surface area contributed by atoms with Crippen molar-refractivity contribution in [3.63, 3.8) is 0 Å². The van der Waals surface area contributed by atoms with Gasteiger partial charge in [0.05, 0.1) is 16.1 Å². The standard InChI is InChI=1S/C13H16Cl2N2OS.ClH/c1-2-17(13(18)12-7-19-8-16-12)6-9-3-4-10(14)11(15)5-9;/h3-5,12,16H,2,6-8H2,1H3;1H. The van der Waals surface area contributed by atoms with Crippen molar-refractivity contribution in [1.82, 2.24) is 10.2 Å². The lowest BCUT2D eigenvalue weighted by molar-refractivity contribution is -0.133. The predicted molar refractivity (Wildman–Crippen MR) is 89.0 cm³/mol. The van der Waals surface area contributed by atoms with Gasteiger partial charge in [0.1, 0.15) is 0 Å². The lowest BCUT2D eigenvalue weighted by Gasteiger charge is -2.24. The molecule has 0 aliphatic carbocycles. The van der Waals surface area contributed by atoms with E-state index in [-0.39, 0.29) is 24.4 Å². The fraction of sp³-hybridized carbons (Fsp3) is 0.462. The molecule has 0 aromatic heterocycles. The zero-order valence-corrected chi connectivity index (χ0v) is 14.2. The van der Waals surface area contributed by atoms with E-state index >= 15 is 0 Å². The van der Waals surface area contributed by atoms with Crippen molar-refractivity contribution >= 4 is 53.3 Å². The fourth-order valence-electron chi connectivity index (χ4n) is 1.98. The topological polar surface area (TPSA) is 32.3 Å². The molecule has 1 fully saturated rings. The third-order valence-corrected chi connectivity index (χ3v) is 4.74. The molecule has 112 valence electrons. The van der Waals surface area contributed by atoms with Crippen LogP contribution in [0.3, 0.4) is 0 Å². The van der Waals surface area contributed by atoms with E-state index in [9.17, 15) is 4.79 Å². The number of rotatable bonds is 4. The Morgan fingerprint density at radius 3 is 2.75 bits per heavy atom. The summed E-state index contributed by atoms with van der Waals surface area (Å²) >= 11 is 13.6. The summed E-state index contributed by atoms with van der Waals surface area (Å²) in [6.45, 7) is 3.23. The number of thioether (sulfide) groups is 1. The molecular weight excluding hydrogens is 339 g/mol. The summed E-state index contributed by atoms with van der Waals surface area (Å²) in [6.07, 6.45) is 0. The molecule has 1 aliphatic heterocycles. The Labute approximate surface area is 139 Å². The first kappa shape index (κ1) is 17.9. The van der Waals surface area contributed by atoms with Crippen LogP contribution in [0.4, 0.5) is 0 Å². The van der Waals surface area contributed by atoms with Gasteiger partial charge in [-0.2, -0.15) is 0 Å². The highest BCUT2D eigenvalue weighted by Crippen LogP contribution is 2.23. The fourth-order valence-corrected chi connectivity index (χ4v) is 3.23. The van der Waals surface area contributed by atoms with Gasteiger partial charge in [-0.05, 0) is 24.6 Å². The SMILES string of the molecule is CCN(Cc1ccc(Cl)c(Cl)c1)C(=O)C1CSCN1.Cl. The average molecular weight is 356 g/mol. The summed E-state index contributed by atoms with van der Waals surface area (Å²) in [4.78, 5) is 14.2. The van der Waals surface area contributed by atoms with Crippen molar-refractivity contribution in [1.29, 1.82) is 0 Å². The zero-order chi connectivity index (χ0) is 13.8. The van der Waals surface area contributed by atoms with E-state index in [2.05, 4.69) is 5.32 Å². The van der Waals surface area contributed by atoms with E-state index in [1.54, 1.807) is 17.8 Å². The molecule has 7 heteroatoms. The Bertz CT molecular complexity index is 467. The lowest BCUT2D eigenvalue weighted by atomic mass is 10.2. The Kier molecular flexibility index (Phi) is 7.48. The second kappa shape index (κ2) is 8.35. The van der Waals surface area contributed by atoms with Crippen molar-refractivity contribution in [3.05, 3.63) is 33.8 Å². The lowest BCUT2D eigenvalue weighted by Crippen LogP contribution is -2.44. The number of likely N-dealkylation sites (N-methyl/N-ethyl adjacent to an activating group) is 1. The first-order valence-corrected chi connectivity index (χ1v) is 8.06. The first-order valence-electron chi connectivity index (χ1n) is 6.15. The van der Waals surface area contributed by atoms with Crippen LogP contribution in [-0.4, -0.2) is 35.0 Å². The van der Waals surface area contributed by atoms with Crippen molar-refractivity contribution in [2.45, 2.75) is 19.5 Å². The molecule has 20 heavy (non-hydrogen) atoms. The molecule has 0 saturated carbocycles. The number of carbonyl (C=O) groups excluding carboxylic acids is 1. The van der Waals surface area contributed by atoms with E-state index in [4.69, 9.17) is 23.2 Å². The molecule has 1 atom stereocenters. The Hall–Kier alpha value is -0.130. The largest absolute Gasteiger partial charge is 0.337 e. The highest BCUT2D eigenvalue weighted by molar-refractivity contribution is 7.99. The second-order valence-electron chi connectivity index (χ2n) is 4.37. The molecule has 3 nitrogen and oxygen atoms in total. The number of nitrogens with zero attached hydrogens (tertiary/aromatic N) is 1. The number of benzene rings is 1. The summed E-state index contributed by atoms with van der Waals surface area (Å²) in [5, 5.41) is 4.26. The third kappa shape index (κ3) is 4.43. The van der Waals surface area contributed by atoms with E-state index in [0.717, 1.165) is 17.2 Å². The first-order chi connectivity index (χ1) is 9.11. The van der Waals surface area contributed by atoms with Crippen molar-refractivity contribution in [3.8, 4) is 0 Å². The quantitative estimate of drug-likeness (QED) is 0.898. The normalized spacial score (nSPS) is 17.6. The molecule has 1 saturated heterocycles. The summed E-state index contributed by atoms with van der Waals surface area (Å²) < 4.78 is 0. The minimum atomic E-state index is -0.0623. The summed E-state index contributed by atoms with van der Waals surface area (Å²) in [5.41, 5.74) is 0.996. The van der Waals surface area contributed by atoms with Gasteiger partial charge in [-0.1, -0.05) is 29.3 Å². The van der Waals surface area contributed by atoms with Gasteiger partial charge in [0.25, 0.3) is 0 Å². The molecule has 2 rings (SSSR count). The van der Waals surface area contributed by atoms with Gasteiger partial charge in [0.15, 0.2) is 0 Å². The van der Waals surface area contributed by atoms with Crippen molar-refractivity contribution in [2.75, 3.05) is 18.2 Å². The van der Waals surface area contributed by atoms with Crippen molar-refractivity contribution < 1.29 is 4.79 Å². The average Bonchev–Trinajstić information content (AvgIpc) is 2.93. The monoisotopic (exact) mass is 354 g/mol. The highest BCUT2D eigenvalue weighted by atomic mass is 35.5. The van der Waals surface area contributed by atoms with Crippen LogP contribution in [-0.2, 0) is 11.3 Å². The summed E-state index contributed by atoms with van der Waals surface area (Å²) in [7, 11) is 0. The molecule has 1 unspecified atom stereocenters. The van der Waals surface area contributed by atoms with Gasteiger partial charge in [-0.15, -0.1) is 24.2 Å². The maximum Gasteiger partial charge on any atom is 0.240 e. The molecule has 1 aliphatic rings. The minimum Gasteiger partial charge on any atom is -0.337 e. The van der Waals surface area contributed by atoms with Gasteiger partial charge in [0, 0.05) is 24.7 Å². The molecule has 0 spiro atoms. The molecular formula is C13H17Cl3N2OS. The maximum absolute atomic E-state index is 12.3. The predicted octanol–water partition coefficient (Wildman–Crippen LogP) is 3.43. The summed E-state index contributed by atoms with van der Waals surface area (Å²) in [5.74, 6) is 1.84. The van der Waals surface area contributed by atoms with Gasteiger partial charge < -0.3 is 4.90 Å². The molecule has 0 bridgehead atoms. The van der Waals surface area contributed by atoms with Gasteiger partial charge >= 0.3 is 0 Å². The third-order valence-electron chi connectivity index (χ3n) is 3.07. The van der Waals surface area contributed by atoms with Crippen LogP contribution in [0.2, 0.25) is 10.0 Å². The van der Waals surface area contributed by atoms with E-state index < -0.39 is 0 Å². The molecule has 1 amide bonds. The van der Waals surface area contributed by atoms with Crippen LogP contribution in [0.15, 0.2) is 18.2 Å². The molecule has 1 heterocycles. The van der Waals surface area contributed by atoms with E-state index in [1.807, 2.05) is 24.0 Å². The zero-order valence-electron chi connectivity index (χ0n) is 11.1. The van der Waals surface area contributed by atoms with Gasteiger partial charge in [-0.3, -0.25) is 10.1 Å². The number of amides is 1. The smallest absolute Gasteiger partial charge is 0.240 e. The van der Waals surface area contributed by atoms with Gasteiger partial charge in [-0.25, -0.2) is 0 Å². The molecule has 1 aromatic carbocycles. The van der Waals surface area contributed by atoms with Gasteiger partial charge in [0.2, 0.25) is 5.91 Å². The number of hydrogen-bond acceptors (Lipinski definition) is 3. The highest BCUT2D eigenvalue weighted by Gasteiger charge is 2.26.